The highest BCUT2D eigenvalue weighted by atomic mass is 16.5. The van der Waals surface area contributed by atoms with E-state index in [2.05, 4.69) is 21.4 Å². The number of amides is 1. The zero-order valence-electron chi connectivity index (χ0n) is 14.2. The predicted molar refractivity (Wildman–Crippen MR) is 95.4 cm³/mol. The first-order valence-electron chi connectivity index (χ1n) is 8.60. The van der Waals surface area contributed by atoms with Crippen molar-refractivity contribution >= 4 is 16.8 Å². The Morgan fingerprint density at radius 2 is 2.15 bits per heavy atom. The van der Waals surface area contributed by atoms with E-state index in [1.54, 1.807) is 0 Å². The van der Waals surface area contributed by atoms with Gasteiger partial charge in [-0.15, -0.1) is 0 Å². The highest BCUT2D eigenvalue weighted by Crippen LogP contribution is 2.24. The van der Waals surface area contributed by atoms with Crippen molar-refractivity contribution in [3.8, 4) is 0 Å². The topological polar surface area (TPSA) is 103 Å². The van der Waals surface area contributed by atoms with Gasteiger partial charge in [0.05, 0.1) is 31.3 Å². The molecule has 7 heteroatoms. The highest BCUT2D eigenvalue weighted by molar-refractivity contribution is 5.92. The minimum absolute atomic E-state index is 0.0764. The Balaban J connectivity index is 1.48. The van der Waals surface area contributed by atoms with E-state index in [0.717, 1.165) is 17.3 Å². The number of ether oxygens (including phenoxy) is 1. The number of nitrogens with zero attached hydrogens (tertiary/aromatic N) is 2. The third-order valence-electron chi connectivity index (χ3n) is 4.70. The predicted octanol–water partition coefficient (Wildman–Crippen LogP) is 1.67. The van der Waals surface area contributed by atoms with E-state index in [1.165, 1.54) is 11.8 Å². The molecule has 1 amide bonds. The third-order valence-corrected chi connectivity index (χ3v) is 4.70. The van der Waals surface area contributed by atoms with Gasteiger partial charge >= 0.3 is 0 Å². The van der Waals surface area contributed by atoms with Crippen LogP contribution in [0.1, 0.15) is 21.9 Å². The maximum absolute atomic E-state index is 12.4. The van der Waals surface area contributed by atoms with Crippen LogP contribution in [0.3, 0.4) is 0 Å². The number of benzene rings is 1. The number of nitrogens with one attached hydrogen (secondary N) is 1. The van der Waals surface area contributed by atoms with E-state index in [0.29, 0.717) is 19.1 Å². The van der Waals surface area contributed by atoms with E-state index in [4.69, 9.17) is 14.9 Å². The number of para-hydroxylation sites is 1. The van der Waals surface area contributed by atoms with Crippen molar-refractivity contribution in [1.82, 2.24) is 15.3 Å². The summed E-state index contributed by atoms with van der Waals surface area (Å²) in [5, 5.41) is 4.14. The molecule has 1 saturated heterocycles. The van der Waals surface area contributed by atoms with Gasteiger partial charge in [-0.2, -0.15) is 0 Å². The van der Waals surface area contributed by atoms with Crippen LogP contribution in [0.5, 0.6) is 0 Å². The molecule has 3 aromatic rings. The van der Waals surface area contributed by atoms with Crippen LogP contribution >= 0.6 is 0 Å². The molecular formula is C19H20N4O3. The van der Waals surface area contributed by atoms with Crippen molar-refractivity contribution in [3.63, 3.8) is 0 Å². The number of rotatable bonds is 5. The van der Waals surface area contributed by atoms with Crippen molar-refractivity contribution in [3.05, 3.63) is 59.9 Å². The summed E-state index contributed by atoms with van der Waals surface area (Å²) in [4.78, 5) is 20.9. The third kappa shape index (κ3) is 3.31. The summed E-state index contributed by atoms with van der Waals surface area (Å²) in [6, 6.07) is 10.0. The molecule has 7 nitrogen and oxygen atoms in total. The maximum Gasteiger partial charge on any atom is 0.273 e. The Labute approximate surface area is 150 Å². The molecule has 0 saturated carbocycles. The number of hydrogen-bond donors (Lipinski definition) is 2. The van der Waals surface area contributed by atoms with Crippen molar-refractivity contribution in [2.45, 2.75) is 19.0 Å². The number of nitrogens with two attached hydrogens (primary N) is 1. The lowest BCUT2D eigenvalue weighted by molar-refractivity contribution is 0.0920. The van der Waals surface area contributed by atoms with Gasteiger partial charge in [0.25, 0.3) is 5.91 Å². The fourth-order valence-corrected chi connectivity index (χ4v) is 3.33. The van der Waals surface area contributed by atoms with Gasteiger partial charge in [-0.1, -0.05) is 18.2 Å². The number of carbonyl (C=O) groups is 1. The Morgan fingerprint density at radius 1 is 1.27 bits per heavy atom. The van der Waals surface area contributed by atoms with E-state index in [1.807, 2.05) is 30.5 Å². The first-order valence-corrected chi connectivity index (χ1v) is 8.60. The Kier molecular flexibility index (Phi) is 4.64. The molecule has 1 aliphatic heterocycles. The molecule has 2 atom stereocenters. The molecule has 0 unspecified atom stereocenters. The number of carbonyl (C=O) groups excluding carboxylic acids is 1. The van der Waals surface area contributed by atoms with Crippen LogP contribution < -0.4 is 11.1 Å². The van der Waals surface area contributed by atoms with Crippen LogP contribution in [0, 0.1) is 5.92 Å². The monoisotopic (exact) mass is 352 g/mol. The minimum Gasteiger partial charge on any atom is -0.447 e. The summed E-state index contributed by atoms with van der Waals surface area (Å²) in [6.45, 7) is 1.26. The average Bonchev–Trinajstić information content (AvgIpc) is 3.32. The van der Waals surface area contributed by atoms with Gasteiger partial charge in [0.2, 0.25) is 5.89 Å². The molecule has 0 spiro atoms. The molecule has 0 bridgehead atoms. The zero-order valence-corrected chi connectivity index (χ0v) is 14.2. The lowest BCUT2D eigenvalue weighted by Gasteiger charge is -2.19. The van der Waals surface area contributed by atoms with E-state index in [9.17, 15) is 4.79 Å². The molecule has 0 aliphatic carbocycles. The van der Waals surface area contributed by atoms with E-state index >= 15 is 0 Å². The summed E-state index contributed by atoms with van der Waals surface area (Å²) in [5.41, 5.74) is 7.89. The minimum atomic E-state index is -0.270. The van der Waals surface area contributed by atoms with E-state index in [-0.39, 0.29) is 30.1 Å². The fraction of sp³-hybridized carbons (Fsp3) is 0.316. The van der Waals surface area contributed by atoms with Crippen molar-refractivity contribution in [2.75, 3.05) is 13.2 Å². The Bertz CT molecular complexity index is 919. The largest absolute Gasteiger partial charge is 0.447 e. The number of fused-ring (bicyclic) bond motifs is 1. The van der Waals surface area contributed by atoms with Gasteiger partial charge in [0.15, 0.2) is 5.69 Å². The normalized spacial score (nSPS) is 19.7. The first-order chi connectivity index (χ1) is 12.7. The second kappa shape index (κ2) is 7.23. The number of hydrogen-bond acceptors (Lipinski definition) is 6. The number of aromatic nitrogens is 2. The molecule has 1 aromatic carbocycles. The molecule has 26 heavy (non-hydrogen) atoms. The smallest absolute Gasteiger partial charge is 0.273 e. The molecule has 3 heterocycles. The van der Waals surface area contributed by atoms with Gasteiger partial charge in [0, 0.05) is 17.5 Å². The summed E-state index contributed by atoms with van der Waals surface area (Å²) < 4.78 is 10.8. The van der Waals surface area contributed by atoms with Crippen molar-refractivity contribution in [2.24, 2.45) is 11.7 Å². The Hall–Kier alpha value is -2.77. The lowest BCUT2D eigenvalue weighted by Crippen LogP contribution is -2.40. The average molecular weight is 352 g/mol. The number of oxazole rings is 1. The van der Waals surface area contributed by atoms with Crippen molar-refractivity contribution < 1.29 is 13.9 Å². The second-order valence-electron chi connectivity index (χ2n) is 6.40. The number of pyridine rings is 1. The summed E-state index contributed by atoms with van der Waals surface area (Å²) in [6.07, 6.45) is 3.96. The van der Waals surface area contributed by atoms with Crippen LogP contribution in [0.4, 0.5) is 0 Å². The van der Waals surface area contributed by atoms with Gasteiger partial charge in [-0.3, -0.25) is 9.78 Å². The SMILES string of the molecule is NCc1nc(C(=O)N[C@@H]2COC[C@H]2Cc2ccnc3ccccc23)co1. The molecule has 4 rings (SSSR count). The molecule has 1 fully saturated rings. The zero-order chi connectivity index (χ0) is 17.9. The molecule has 2 aromatic heterocycles. The molecule has 3 N–H and O–H groups in total. The van der Waals surface area contributed by atoms with Crippen LogP contribution in [0.15, 0.2) is 47.2 Å². The summed E-state index contributed by atoms with van der Waals surface area (Å²) in [5.74, 6) is 0.261. The molecular weight excluding hydrogens is 332 g/mol. The standard InChI is InChI=1S/C19H20N4O3/c20-8-18-22-17(11-26-18)19(24)23-16-10-25-9-13(16)7-12-5-6-21-15-4-2-1-3-14(12)15/h1-6,11,13,16H,7-10,20H2,(H,23,24)/t13-,16-/m1/s1. The fourth-order valence-electron chi connectivity index (χ4n) is 3.33. The Morgan fingerprint density at radius 3 is 3.00 bits per heavy atom. The quantitative estimate of drug-likeness (QED) is 0.724. The van der Waals surface area contributed by atoms with Crippen LogP contribution in [-0.2, 0) is 17.7 Å². The maximum atomic E-state index is 12.4. The van der Waals surface area contributed by atoms with Crippen LogP contribution in [0.2, 0.25) is 0 Å². The summed E-state index contributed by atoms with van der Waals surface area (Å²) in [7, 11) is 0. The molecule has 0 radical (unpaired) electrons. The van der Waals surface area contributed by atoms with Gasteiger partial charge in [-0.25, -0.2) is 4.98 Å². The van der Waals surface area contributed by atoms with Crippen molar-refractivity contribution in [1.29, 1.82) is 0 Å². The molecule has 1 aliphatic rings. The van der Waals surface area contributed by atoms with E-state index < -0.39 is 0 Å². The van der Waals surface area contributed by atoms with Gasteiger partial charge < -0.3 is 20.2 Å². The summed E-state index contributed by atoms with van der Waals surface area (Å²) >= 11 is 0. The molecule has 134 valence electrons. The lowest BCUT2D eigenvalue weighted by atomic mass is 9.93. The van der Waals surface area contributed by atoms with Crippen LogP contribution in [0.25, 0.3) is 10.9 Å². The van der Waals surface area contributed by atoms with Crippen LogP contribution in [-0.4, -0.2) is 35.1 Å². The van der Waals surface area contributed by atoms with Gasteiger partial charge in [-0.05, 0) is 24.1 Å². The first kappa shape index (κ1) is 16.7. The second-order valence-corrected chi connectivity index (χ2v) is 6.40. The highest BCUT2D eigenvalue weighted by Gasteiger charge is 2.31. The van der Waals surface area contributed by atoms with Gasteiger partial charge in [0.1, 0.15) is 6.26 Å².